The normalized spacial score (nSPS) is 25.2. The lowest BCUT2D eigenvalue weighted by molar-refractivity contribution is 0.0307. The Morgan fingerprint density at radius 3 is 2.29 bits per heavy atom. The Balaban J connectivity index is 1.50. The molecule has 24 heavy (non-hydrogen) atoms. The molecule has 1 aromatic rings. The van der Waals surface area contributed by atoms with Crippen molar-refractivity contribution in [3.8, 4) is 11.5 Å². The number of rotatable bonds is 5. The zero-order valence-corrected chi connectivity index (χ0v) is 13.7. The van der Waals surface area contributed by atoms with Gasteiger partial charge in [-0.15, -0.1) is 0 Å². The van der Waals surface area contributed by atoms with Crippen molar-refractivity contribution in [3.63, 3.8) is 0 Å². The molecule has 0 unspecified atom stereocenters. The van der Waals surface area contributed by atoms with E-state index in [0.717, 1.165) is 38.9 Å². The van der Waals surface area contributed by atoms with Crippen molar-refractivity contribution >= 4 is 5.91 Å². The van der Waals surface area contributed by atoms with Crippen LogP contribution in [0.4, 0.5) is 0 Å². The summed E-state index contributed by atoms with van der Waals surface area (Å²) >= 11 is 0. The summed E-state index contributed by atoms with van der Waals surface area (Å²) in [6.45, 7) is 3.02. The van der Waals surface area contributed by atoms with Gasteiger partial charge in [0.15, 0.2) is 11.5 Å². The molecule has 0 aliphatic carbocycles. The fourth-order valence-corrected chi connectivity index (χ4v) is 3.52. The van der Waals surface area contributed by atoms with Crippen LogP contribution in [0.5, 0.6) is 11.5 Å². The Hall–Kier alpha value is -1.79. The van der Waals surface area contributed by atoms with E-state index in [1.54, 1.807) is 18.2 Å². The molecule has 1 amide bonds. The van der Waals surface area contributed by atoms with Crippen LogP contribution >= 0.6 is 0 Å². The number of hydrogen-bond donors (Lipinski definition) is 0. The van der Waals surface area contributed by atoms with E-state index < -0.39 is 0 Å². The van der Waals surface area contributed by atoms with Crippen molar-refractivity contribution in [2.75, 3.05) is 33.1 Å². The molecule has 6 nitrogen and oxygen atoms in total. The molecule has 0 saturated carbocycles. The fourth-order valence-electron chi connectivity index (χ4n) is 3.52. The summed E-state index contributed by atoms with van der Waals surface area (Å²) in [6.07, 6.45) is 4.41. The van der Waals surface area contributed by atoms with E-state index in [9.17, 15) is 4.79 Å². The molecular formula is C18H23NO5. The standard InChI is InChI=1S/C18H23NO5/c20-18(13-5-6-16-17(9-13)24-12-23-16)19(10-14-3-1-7-21-14)11-15-4-2-8-22-15/h5-6,9,14-15H,1-4,7-8,10-12H2/t14-,15+. The molecule has 2 atom stereocenters. The second kappa shape index (κ2) is 6.99. The van der Waals surface area contributed by atoms with Crippen LogP contribution in [0.25, 0.3) is 0 Å². The summed E-state index contributed by atoms with van der Waals surface area (Å²) in [4.78, 5) is 14.9. The predicted octanol–water partition coefficient (Wildman–Crippen LogP) is 2.22. The van der Waals surface area contributed by atoms with Gasteiger partial charge in [0.1, 0.15) is 0 Å². The Morgan fingerprint density at radius 2 is 1.67 bits per heavy atom. The molecule has 6 heteroatoms. The minimum absolute atomic E-state index is 0.000648. The molecule has 0 N–H and O–H groups in total. The predicted molar refractivity (Wildman–Crippen MR) is 86.4 cm³/mol. The highest BCUT2D eigenvalue weighted by molar-refractivity contribution is 5.95. The quantitative estimate of drug-likeness (QED) is 0.827. The second-order valence-electron chi connectivity index (χ2n) is 6.55. The van der Waals surface area contributed by atoms with Crippen LogP contribution in [-0.4, -0.2) is 56.1 Å². The summed E-state index contributed by atoms with van der Waals surface area (Å²) in [5.74, 6) is 1.32. The Morgan fingerprint density at radius 1 is 1.00 bits per heavy atom. The van der Waals surface area contributed by atoms with Gasteiger partial charge in [-0.05, 0) is 43.9 Å². The van der Waals surface area contributed by atoms with Crippen molar-refractivity contribution in [3.05, 3.63) is 23.8 Å². The molecule has 130 valence electrons. The molecule has 2 saturated heterocycles. The Bertz CT molecular complexity index is 575. The third-order valence-electron chi connectivity index (χ3n) is 4.80. The summed E-state index contributed by atoms with van der Waals surface area (Å²) < 4.78 is 22.2. The average Bonchev–Trinajstić information content (AvgIpc) is 3.35. The van der Waals surface area contributed by atoms with Crippen molar-refractivity contribution in [2.24, 2.45) is 0 Å². The van der Waals surface area contributed by atoms with Gasteiger partial charge in [-0.1, -0.05) is 0 Å². The monoisotopic (exact) mass is 333 g/mol. The van der Waals surface area contributed by atoms with Crippen LogP contribution in [-0.2, 0) is 9.47 Å². The van der Waals surface area contributed by atoms with Gasteiger partial charge in [0.2, 0.25) is 6.79 Å². The van der Waals surface area contributed by atoms with E-state index in [-0.39, 0.29) is 24.9 Å². The summed E-state index contributed by atoms with van der Waals surface area (Å²) in [7, 11) is 0. The smallest absolute Gasteiger partial charge is 0.254 e. The molecule has 0 bridgehead atoms. The number of hydrogen-bond acceptors (Lipinski definition) is 5. The van der Waals surface area contributed by atoms with E-state index in [4.69, 9.17) is 18.9 Å². The molecule has 3 aliphatic heterocycles. The van der Waals surface area contributed by atoms with E-state index in [1.807, 2.05) is 4.90 Å². The van der Waals surface area contributed by atoms with E-state index in [1.165, 1.54) is 0 Å². The molecule has 3 heterocycles. The van der Waals surface area contributed by atoms with E-state index >= 15 is 0 Å². The van der Waals surface area contributed by atoms with Crippen LogP contribution in [0.2, 0.25) is 0 Å². The lowest BCUT2D eigenvalue weighted by Crippen LogP contribution is -2.42. The van der Waals surface area contributed by atoms with Gasteiger partial charge in [-0.25, -0.2) is 0 Å². The van der Waals surface area contributed by atoms with E-state index in [0.29, 0.717) is 30.2 Å². The zero-order chi connectivity index (χ0) is 16.4. The van der Waals surface area contributed by atoms with Gasteiger partial charge in [-0.3, -0.25) is 4.79 Å². The molecule has 3 aliphatic rings. The van der Waals surface area contributed by atoms with Crippen LogP contribution in [0, 0.1) is 0 Å². The number of ether oxygens (including phenoxy) is 4. The maximum Gasteiger partial charge on any atom is 0.254 e. The third-order valence-corrected chi connectivity index (χ3v) is 4.80. The highest BCUT2D eigenvalue weighted by Crippen LogP contribution is 2.33. The highest BCUT2D eigenvalue weighted by atomic mass is 16.7. The molecule has 0 radical (unpaired) electrons. The number of amides is 1. The number of carbonyl (C=O) groups excluding carboxylic acids is 1. The third kappa shape index (κ3) is 3.35. The molecule has 0 aromatic heterocycles. The fraction of sp³-hybridized carbons (Fsp3) is 0.611. The van der Waals surface area contributed by atoms with E-state index in [2.05, 4.69) is 0 Å². The average molecular weight is 333 g/mol. The summed E-state index contributed by atoms with van der Waals surface area (Å²) in [5.41, 5.74) is 0.621. The van der Waals surface area contributed by atoms with Crippen LogP contribution in [0.1, 0.15) is 36.0 Å². The van der Waals surface area contributed by atoms with Crippen molar-refractivity contribution in [1.29, 1.82) is 0 Å². The summed E-state index contributed by atoms with van der Waals surface area (Å²) in [6, 6.07) is 5.36. The van der Waals surface area contributed by atoms with Gasteiger partial charge >= 0.3 is 0 Å². The molecule has 1 aromatic carbocycles. The van der Waals surface area contributed by atoms with Crippen molar-refractivity contribution in [2.45, 2.75) is 37.9 Å². The minimum atomic E-state index is -0.000648. The van der Waals surface area contributed by atoms with Gasteiger partial charge < -0.3 is 23.8 Å². The van der Waals surface area contributed by atoms with Crippen LogP contribution < -0.4 is 9.47 Å². The first-order valence-electron chi connectivity index (χ1n) is 8.72. The van der Waals surface area contributed by atoms with Gasteiger partial charge in [0, 0.05) is 31.9 Å². The van der Waals surface area contributed by atoms with Crippen LogP contribution in [0.15, 0.2) is 18.2 Å². The number of benzene rings is 1. The zero-order valence-electron chi connectivity index (χ0n) is 13.7. The molecular weight excluding hydrogens is 310 g/mol. The van der Waals surface area contributed by atoms with Gasteiger partial charge in [0.25, 0.3) is 5.91 Å². The SMILES string of the molecule is O=C(c1ccc2c(c1)OCO2)N(C[C@H]1CCCO1)C[C@@H]1CCCO1. The topological polar surface area (TPSA) is 57.2 Å². The Kier molecular flexibility index (Phi) is 4.58. The Labute approximate surface area is 141 Å². The highest BCUT2D eigenvalue weighted by Gasteiger charge is 2.28. The largest absolute Gasteiger partial charge is 0.454 e. The van der Waals surface area contributed by atoms with Gasteiger partial charge in [-0.2, -0.15) is 0 Å². The number of nitrogens with zero attached hydrogens (tertiary/aromatic N) is 1. The number of carbonyl (C=O) groups is 1. The molecule has 4 rings (SSSR count). The minimum Gasteiger partial charge on any atom is -0.454 e. The maximum atomic E-state index is 13.0. The molecule has 2 fully saturated rings. The van der Waals surface area contributed by atoms with Gasteiger partial charge in [0.05, 0.1) is 12.2 Å². The first-order chi connectivity index (χ1) is 11.8. The lowest BCUT2D eigenvalue weighted by atomic mass is 10.1. The van der Waals surface area contributed by atoms with Crippen LogP contribution in [0.3, 0.4) is 0 Å². The van der Waals surface area contributed by atoms with Crippen molar-refractivity contribution in [1.82, 2.24) is 4.90 Å². The van der Waals surface area contributed by atoms with Crippen molar-refractivity contribution < 1.29 is 23.7 Å². The molecule has 0 spiro atoms. The maximum absolute atomic E-state index is 13.0. The first-order valence-corrected chi connectivity index (χ1v) is 8.72. The number of fused-ring (bicyclic) bond motifs is 1. The summed E-state index contributed by atoms with van der Waals surface area (Å²) in [5, 5.41) is 0. The first kappa shape index (κ1) is 15.7. The second-order valence-corrected chi connectivity index (χ2v) is 6.55. The lowest BCUT2D eigenvalue weighted by Gasteiger charge is -2.28.